The van der Waals surface area contributed by atoms with Crippen LogP contribution in [0, 0.1) is 5.41 Å². The van der Waals surface area contributed by atoms with Gasteiger partial charge in [0.2, 0.25) is 0 Å². The van der Waals surface area contributed by atoms with Crippen LogP contribution in [-0.4, -0.2) is 44.9 Å². The highest BCUT2D eigenvalue weighted by Crippen LogP contribution is 2.22. The molecular formula is C14H26N2O4S. The Labute approximate surface area is 128 Å². The van der Waals surface area contributed by atoms with Gasteiger partial charge in [-0.3, -0.25) is 9.00 Å². The zero-order chi connectivity index (χ0) is 16.0. The second-order valence-corrected chi connectivity index (χ2v) is 8.50. The predicted octanol–water partition coefficient (Wildman–Crippen LogP) is 1.48. The van der Waals surface area contributed by atoms with Crippen molar-refractivity contribution in [2.45, 2.75) is 58.5 Å². The lowest BCUT2D eigenvalue weighted by atomic mass is 9.87. The Balaban J connectivity index is 2.47. The minimum atomic E-state index is -0.919. The number of carbonyl (C=O) groups is 2. The van der Waals surface area contributed by atoms with Gasteiger partial charge in [0.15, 0.2) is 0 Å². The van der Waals surface area contributed by atoms with Gasteiger partial charge in [0.1, 0.15) is 0 Å². The van der Waals surface area contributed by atoms with Gasteiger partial charge in [-0.1, -0.05) is 20.8 Å². The van der Waals surface area contributed by atoms with Gasteiger partial charge < -0.3 is 15.7 Å². The van der Waals surface area contributed by atoms with Crippen LogP contribution in [0.2, 0.25) is 0 Å². The van der Waals surface area contributed by atoms with Gasteiger partial charge in [0, 0.05) is 34.4 Å². The van der Waals surface area contributed by atoms with Crippen molar-refractivity contribution in [3.05, 3.63) is 0 Å². The highest BCUT2D eigenvalue weighted by atomic mass is 32.2. The van der Waals surface area contributed by atoms with Gasteiger partial charge in [0.25, 0.3) is 0 Å². The first-order valence-corrected chi connectivity index (χ1v) is 8.78. The van der Waals surface area contributed by atoms with Crippen molar-refractivity contribution in [3.63, 3.8) is 0 Å². The van der Waals surface area contributed by atoms with Crippen LogP contribution in [0.15, 0.2) is 0 Å². The van der Waals surface area contributed by atoms with E-state index in [2.05, 4.69) is 10.6 Å². The number of urea groups is 1. The van der Waals surface area contributed by atoms with Crippen molar-refractivity contribution in [3.8, 4) is 0 Å². The molecule has 21 heavy (non-hydrogen) atoms. The normalized spacial score (nSPS) is 24.1. The Bertz CT molecular complexity index is 396. The summed E-state index contributed by atoms with van der Waals surface area (Å²) in [6, 6.07) is -0.689. The molecule has 0 aliphatic carbocycles. The molecule has 0 bridgehead atoms. The monoisotopic (exact) mass is 318 g/mol. The molecule has 1 fully saturated rings. The van der Waals surface area contributed by atoms with Crippen LogP contribution in [0.4, 0.5) is 4.79 Å². The predicted molar refractivity (Wildman–Crippen MR) is 82.7 cm³/mol. The summed E-state index contributed by atoms with van der Waals surface area (Å²) in [4.78, 5) is 22.9. The van der Waals surface area contributed by atoms with Crippen molar-refractivity contribution in [1.82, 2.24) is 10.6 Å². The number of hydrogen-bond acceptors (Lipinski definition) is 3. The lowest BCUT2D eigenvalue weighted by Gasteiger charge is -2.28. The zero-order valence-electron chi connectivity index (χ0n) is 13.0. The van der Waals surface area contributed by atoms with Crippen LogP contribution in [-0.2, 0) is 15.6 Å². The van der Waals surface area contributed by atoms with Crippen molar-refractivity contribution in [1.29, 1.82) is 0 Å². The van der Waals surface area contributed by atoms with Crippen LogP contribution < -0.4 is 10.6 Å². The number of carboxylic acids is 1. The molecule has 1 heterocycles. The summed E-state index contributed by atoms with van der Waals surface area (Å²) in [5, 5.41) is 14.5. The summed E-state index contributed by atoms with van der Waals surface area (Å²) in [5.74, 6) is 0.314. The Morgan fingerprint density at radius 1 is 1.29 bits per heavy atom. The largest absolute Gasteiger partial charge is 0.481 e. The molecule has 122 valence electrons. The topological polar surface area (TPSA) is 95.5 Å². The van der Waals surface area contributed by atoms with Crippen LogP contribution in [0.3, 0.4) is 0 Å². The first kappa shape index (κ1) is 17.9. The van der Waals surface area contributed by atoms with E-state index in [1.807, 2.05) is 20.8 Å². The first-order chi connectivity index (χ1) is 9.65. The van der Waals surface area contributed by atoms with Gasteiger partial charge in [-0.2, -0.15) is 0 Å². The molecule has 1 atom stereocenters. The summed E-state index contributed by atoms with van der Waals surface area (Å²) in [5.41, 5.74) is -0.0604. The van der Waals surface area contributed by atoms with Gasteiger partial charge in [-0.25, -0.2) is 4.79 Å². The van der Waals surface area contributed by atoms with Crippen molar-refractivity contribution >= 4 is 22.8 Å². The maximum absolute atomic E-state index is 12.0. The van der Waals surface area contributed by atoms with E-state index in [-0.39, 0.29) is 30.0 Å². The maximum atomic E-state index is 12.0. The second kappa shape index (κ2) is 7.77. The standard InChI is InChI=1S/C14H26N2O4S/c1-14(2,3)9-11(8-12(17)18)16-13(19)15-10-4-6-21(20)7-5-10/h10-11H,4-9H2,1-3H3,(H,17,18)(H2,15,16,19). The maximum Gasteiger partial charge on any atom is 0.315 e. The van der Waals surface area contributed by atoms with E-state index in [4.69, 9.17) is 5.11 Å². The SMILES string of the molecule is CC(C)(C)CC(CC(=O)O)NC(=O)NC1CCS(=O)CC1. The molecule has 0 aromatic rings. The summed E-state index contributed by atoms with van der Waals surface area (Å²) in [7, 11) is -0.757. The fourth-order valence-electron chi connectivity index (χ4n) is 2.47. The summed E-state index contributed by atoms with van der Waals surface area (Å²) >= 11 is 0. The van der Waals surface area contributed by atoms with Gasteiger partial charge in [-0.15, -0.1) is 0 Å². The number of rotatable bonds is 5. The molecule has 3 N–H and O–H groups in total. The van der Waals surface area contributed by atoms with Crippen LogP contribution in [0.1, 0.15) is 46.5 Å². The number of carboxylic acid groups (broad SMARTS) is 1. The fraction of sp³-hybridized carbons (Fsp3) is 0.857. The van der Waals surface area contributed by atoms with Crippen LogP contribution in [0.25, 0.3) is 0 Å². The average Bonchev–Trinajstić information content (AvgIpc) is 2.28. The minimum Gasteiger partial charge on any atom is -0.481 e. The smallest absolute Gasteiger partial charge is 0.315 e. The first-order valence-electron chi connectivity index (χ1n) is 7.29. The zero-order valence-corrected chi connectivity index (χ0v) is 13.8. The molecule has 0 spiro atoms. The molecule has 1 rings (SSSR count). The molecule has 0 aromatic carbocycles. The number of amides is 2. The van der Waals surface area contributed by atoms with E-state index in [1.54, 1.807) is 0 Å². The molecule has 6 nitrogen and oxygen atoms in total. The molecule has 1 aliphatic heterocycles. The highest BCUT2D eigenvalue weighted by Gasteiger charge is 2.24. The van der Waals surface area contributed by atoms with E-state index in [1.165, 1.54) is 0 Å². The Morgan fingerprint density at radius 2 is 1.86 bits per heavy atom. The lowest BCUT2D eigenvalue weighted by Crippen LogP contribution is -2.49. The lowest BCUT2D eigenvalue weighted by molar-refractivity contribution is -0.137. The van der Waals surface area contributed by atoms with Gasteiger partial charge in [0.05, 0.1) is 6.42 Å². The summed E-state index contributed by atoms with van der Waals surface area (Å²) in [6.45, 7) is 6.04. The highest BCUT2D eigenvalue weighted by molar-refractivity contribution is 7.85. The Kier molecular flexibility index (Phi) is 6.64. The Hall–Kier alpha value is -1.11. The van der Waals surface area contributed by atoms with Crippen molar-refractivity contribution < 1.29 is 18.9 Å². The van der Waals surface area contributed by atoms with Crippen molar-refractivity contribution in [2.75, 3.05) is 11.5 Å². The molecule has 2 amide bonds. The third-order valence-electron chi connectivity index (χ3n) is 3.34. The number of aliphatic carboxylic acids is 1. The third-order valence-corrected chi connectivity index (χ3v) is 4.72. The van der Waals surface area contributed by atoms with Crippen molar-refractivity contribution in [2.24, 2.45) is 5.41 Å². The molecule has 1 unspecified atom stereocenters. The van der Waals surface area contributed by atoms with E-state index < -0.39 is 16.8 Å². The molecule has 0 radical (unpaired) electrons. The Morgan fingerprint density at radius 3 is 2.33 bits per heavy atom. The third kappa shape index (κ3) is 8.04. The summed E-state index contributed by atoms with van der Waals surface area (Å²) in [6.07, 6.45) is 1.94. The second-order valence-electron chi connectivity index (χ2n) is 6.80. The number of nitrogens with one attached hydrogen (secondary N) is 2. The van der Waals surface area contributed by atoms with Crippen LogP contribution >= 0.6 is 0 Å². The molecular weight excluding hydrogens is 292 g/mol. The summed E-state index contributed by atoms with van der Waals surface area (Å²) < 4.78 is 11.3. The average molecular weight is 318 g/mol. The number of hydrogen-bond donors (Lipinski definition) is 3. The minimum absolute atomic E-state index is 0.0304. The van der Waals surface area contributed by atoms with Crippen LogP contribution in [0.5, 0.6) is 0 Å². The molecule has 1 saturated heterocycles. The van der Waals surface area contributed by atoms with E-state index in [0.717, 1.165) is 0 Å². The molecule has 0 aromatic heterocycles. The number of carbonyl (C=O) groups excluding carboxylic acids is 1. The quantitative estimate of drug-likeness (QED) is 0.715. The molecule has 0 saturated carbocycles. The van der Waals surface area contributed by atoms with E-state index in [0.29, 0.717) is 30.8 Å². The van der Waals surface area contributed by atoms with E-state index in [9.17, 15) is 13.8 Å². The van der Waals surface area contributed by atoms with E-state index >= 15 is 0 Å². The van der Waals surface area contributed by atoms with Gasteiger partial charge in [-0.05, 0) is 24.7 Å². The molecule has 7 heteroatoms. The van der Waals surface area contributed by atoms with Gasteiger partial charge >= 0.3 is 12.0 Å². The fourth-order valence-corrected chi connectivity index (χ4v) is 3.77. The molecule has 1 aliphatic rings.